The molecule has 0 aliphatic carbocycles. The largest absolute Gasteiger partial charge is 0.494 e. The van der Waals surface area contributed by atoms with E-state index in [4.69, 9.17) is 4.74 Å². The van der Waals surface area contributed by atoms with E-state index in [1.807, 2.05) is 13.0 Å². The molecule has 0 fully saturated rings. The Morgan fingerprint density at radius 3 is 2.39 bits per heavy atom. The summed E-state index contributed by atoms with van der Waals surface area (Å²) >= 11 is 0. The molecule has 9 heteroatoms. The van der Waals surface area contributed by atoms with Crippen LogP contribution >= 0.6 is 0 Å². The van der Waals surface area contributed by atoms with Crippen LogP contribution in [0.25, 0.3) is 0 Å². The average molecular weight is 425 g/mol. The van der Waals surface area contributed by atoms with Crippen molar-refractivity contribution in [2.24, 2.45) is 0 Å². The number of fused-ring (bicyclic) bond motifs is 1. The number of benzene rings is 2. The second kappa shape index (κ2) is 8.10. The second-order valence-electron chi connectivity index (χ2n) is 6.76. The highest BCUT2D eigenvalue weighted by Gasteiger charge is 2.24. The van der Waals surface area contributed by atoms with E-state index in [-0.39, 0.29) is 11.4 Å². The zero-order valence-corrected chi connectivity index (χ0v) is 17.5. The van der Waals surface area contributed by atoms with Gasteiger partial charge in [0.15, 0.2) is 0 Å². The maximum absolute atomic E-state index is 12.7. The van der Waals surface area contributed by atoms with Gasteiger partial charge >= 0.3 is 0 Å². The Kier molecular flexibility index (Phi) is 5.97. The van der Waals surface area contributed by atoms with Gasteiger partial charge in [-0.1, -0.05) is 13.0 Å². The van der Waals surface area contributed by atoms with Crippen LogP contribution in [0.15, 0.2) is 47.4 Å². The van der Waals surface area contributed by atoms with E-state index in [0.29, 0.717) is 31.0 Å². The molecule has 1 aliphatic heterocycles. The van der Waals surface area contributed by atoms with Gasteiger partial charge in [0.05, 0.1) is 17.8 Å². The number of ether oxygens (including phenoxy) is 1. The molecule has 0 aromatic heterocycles. The third kappa shape index (κ3) is 4.84. The van der Waals surface area contributed by atoms with Gasteiger partial charge in [-0.05, 0) is 60.4 Å². The van der Waals surface area contributed by atoms with Crippen LogP contribution in [-0.2, 0) is 33.0 Å². The highest BCUT2D eigenvalue weighted by Crippen LogP contribution is 2.26. The fourth-order valence-electron chi connectivity index (χ4n) is 3.03. The summed E-state index contributed by atoms with van der Waals surface area (Å²) in [7, 11) is -7.04. The predicted octanol–water partition coefficient (Wildman–Crippen LogP) is 2.59. The Labute approximate surface area is 166 Å². The Morgan fingerprint density at radius 1 is 1.04 bits per heavy atom. The SMILES string of the molecule is CCCOc1ccc(S(=O)(=O)Nc2ccc3c(c2)CN(S(C)(=O)=O)CC3)cc1. The lowest BCUT2D eigenvalue weighted by atomic mass is 10.0. The van der Waals surface area contributed by atoms with Crippen molar-refractivity contribution in [2.75, 3.05) is 24.1 Å². The van der Waals surface area contributed by atoms with Crippen molar-refractivity contribution >= 4 is 25.7 Å². The molecule has 0 saturated heterocycles. The van der Waals surface area contributed by atoms with Gasteiger partial charge in [0.2, 0.25) is 10.0 Å². The molecule has 0 spiro atoms. The van der Waals surface area contributed by atoms with E-state index in [9.17, 15) is 16.8 Å². The Balaban J connectivity index is 1.78. The number of sulfonamides is 2. The standard InChI is InChI=1S/C19H24N2O5S2/c1-3-12-26-18-6-8-19(9-7-18)28(24,25)20-17-5-4-15-10-11-21(27(2,22)23)14-16(15)13-17/h4-9,13,20H,3,10-12,14H2,1-2H3. The van der Waals surface area contributed by atoms with Crippen LogP contribution in [0.3, 0.4) is 0 Å². The third-order valence-electron chi connectivity index (χ3n) is 4.51. The maximum Gasteiger partial charge on any atom is 0.261 e. The molecule has 0 atom stereocenters. The summed E-state index contributed by atoms with van der Waals surface area (Å²) < 4.78 is 58.3. The topological polar surface area (TPSA) is 92.8 Å². The molecule has 0 amide bonds. The van der Waals surface area contributed by atoms with Crippen molar-refractivity contribution in [1.82, 2.24) is 4.31 Å². The Morgan fingerprint density at radius 2 is 1.75 bits per heavy atom. The second-order valence-corrected chi connectivity index (χ2v) is 10.4. The van der Waals surface area contributed by atoms with Crippen LogP contribution in [0, 0.1) is 0 Å². The lowest BCUT2D eigenvalue weighted by Crippen LogP contribution is -2.35. The highest BCUT2D eigenvalue weighted by molar-refractivity contribution is 7.92. The average Bonchev–Trinajstić information content (AvgIpc) is 2.65. The molecule has 152 valence electrons. The molecule has 2 aromatic carbocycles. The van der Waals surface area contributed by atoms with Crippen molar-refractivity contribution in [3.8, 4) is 5.75 Å². The molecule has 0 unspecified atom stereocenters. The quantitative estimate of drug-likeness (QED) is 0.737. The monoisotopic (exact) mass is 424 g/mol. The van der Waals surface area contributed by atoms with Gasteiger partial charge in [0.1, 0.15) is 5.75 Å². The number of anilines is 1. The molecule has 3 rings (SSSR count). The molecule has 0 radical (unpaired) electrons. The minimum Gasteiger partial charge on any atom is -0.494 e. The van der Waals surface area contributed by atoms with Crippen molar-refractivity contribution in [3.05, 3.63) is 53.6 Å². The molecule has 1 heterocycles. The van der Waals surface area contributed by atoms with Gasteiger partial charge in [-0.15, -0.1) is 0 Å². The van der Waals surface area contributed by atoms with Crippen LogP contribution in [0.1, 0.15) is 24.5 Å². The summed E-state index contributed by atoms with van der Waals surface area (Å²) in [5.74, 6) is 0.621. The highest BCUT2D eigenvalue weighted by atomic mass is 32.2. The summed E-state index contributed by atoms with van der Waals surface area (Å²) in [6, 6.07) is 11.5. The molecule has 0 bridgehead atoms. The lowest BCUT2D eigenvalue weighted by molar-refractivity contribution is 0.317. The van der Waals surface area contributed by atoms with Crippen LogP contribution in [0.2, 0.25) is 0 Å². The Bertz CT molecular complexity index is 1050. The predicted molar refractivity (Wildman–Crippen MR) is 108 cm³/mol. The number of nitrogens with zero attached hydrogens (tertiary/aromatic N) is 1. The number of nitrogens with one attached hydrogen (secondary N) is 1. The van der Waals surface area contributed by atoms with Crippen molar-refractivity contribution in [1.29, 1.82) is 0 Å². The van der Waals surface area contributed by atoms with Gasteiger partial charge in [-0.25, -0.2) is 16.8 Å². The first-order valence-electron chi connectivity index (χ1n) is 9.01. The first-order valence-corrected chi connectivity index (χ1v) is 12.3. The fraction of sp³-hybridized carbons (Fsp3) is 0.368. The van der Waals surface area contributed by atoms with Crippen molar-refractivity contribution < 1.29 is 21.6 Å². The van der Waals surface area contributed by atoms with Gasteiger partial charge in [-0.2, -0.15) is 4.31 Å². The molecule has 7 nitrogen and oxygen atoms in total. The van der Waals surface area contributed by atoms with E-state index in [1.165, 1.54) is 22.7 Å². The zero-order valence-electron chi connectivity index (χ0n) is 15.9. The van der Waals surface area contributed by atoms with Crippen molar-refractivity contribution in [2.45, 2.75) is 31.2 Å². The number of rotatable bonds is 7. The third-order valence-corrected chi connectivity index (χ3v) is 7.16. The fourth-order valence-corrected chi connectivity index (χ4v) is 4.87. The molecular formula is C19H24N2O5S2. The number of hydrogen-bond donors (Lipinski definition) is 1. The van der Waals surface area contributed by atoms with E-state index < -0.39 is 20.0 Å². The summed E-state index contributed by atoms with van der Waals surface area (Å²) in [5, 5.41) is 0. The van der Waals surface area contributed by atoms with Gasteiger partial charge in [0, 0.05) is 18.8 Å². The molecule has 28 heavy (non-hydrogen) atoms. The minimum atomic E-state index is -3.76. The van der Waals surface area contributed by atoms with Crippen LogP contribution in [0.4, 0.5) is 5.69 Å². The molecule has 2 aromatic rings. The molecule has 1 aliphatic rings. The van der Waals surface area contributed by atoms with E-state index >= 15 is 0 Å². The summed E-state index contributed by atoms with van der Waals surface area (Å²) in [5.41, 5.74) is 2.24. The van der Waals surface area contributed by atoms with Gasteiger partial charge in [-0.3, -0.25) is 4.72 Å². The van der Waals surface area contributed by atoms with E-state index in [1.54, 1.807) is 24.3 Å². The summed E-state index contributed by atoms with van der Waals surface area (Å²) in [6.45, 7) is 3.25. The first kappa shape index (κ1) is 20.6. The van der Waals surface area contributed by atoms with E-state index in [0.717, 1.165) is 17.5 Å². The van der Waals surface area contributed by atoms with Gasteiger partial charge in [0.25, 0.3) is 10.0 Å². The molecule has 1 N–H and O–H groups in total. The summed E-state index contributed by atoms with van der Waals surface area (Å²) in [4.78, 5) is 0.131. The Hall–Kier alpha value is -2.10. The van der Waals surface area contributed by atoms with Crippen LogP contribution in [-0.4, -0.2) is 40.5 Å². The maximum atomic E-state index is 12.7. The first-order chi connectivity index (χ1) is 13.2. The lowest BCUT2D eigenvalue weighted by Gasteiger charge is -2.27. The smallest absolute Gasteiger partial charge is 0.261 e. The zero-order chi connectivity index (χ0) is 20.4. The summed E-state index contributed by atoms with van der Waals surface area (Å²) in [6.07, 6.45) is 2.66. The minimum absolute atomic E-state index is 0.131. The normalized spacial score (nSPS) is 15.1. The molecular weight excluding hydrogens is 400 g/mol. The van der Waals surface area contributed by atoms with Gasteiger partial charge < -0.3 is 4.74 Å². The van der Waals surface area contributed by atoms with Crippen LogP contribution in [0.5, 0.6) is 5.75 Å². The van der Waals surface area contributed by atoms with Crippen LogP contribution < -0.4 is 9.46 Å². The molecule has 0 saturated carbocycles. The van der Waals surface area contributed by atoms with Crippen molar-refractivity contribution in [3.63, 3.8) is 0 Å². The van der Waals surface area contributed by atoms with E-state index in [2.05, 4.69) is 4.72 Å². The number of hydrogen-bond acceptors (Lipinski definition) is 5.